The van der Waals surface area contributed by atoms with Gasteiger partial charge in [0.2, 0.25) is 0 Å². The molecule has 0 aromatic carbocycles. The molecule has 0 unspecified atom stereocenters. The topological polar surface area (TPSA) is 69.4 Å². The van der Waals surface area contributed by atoms with E-state index in [9.17, 15) is 9.59 Å². The molecule has 0 saturated carbocycles. The molecule has 0 bridgehead atoms. The fraction of sp³-hybridized carbons (Fsp3) is 0.583. The van der Waals surface area contributed by atoms with Gasteiger partial charge in [-0.1, -0.05) is 55.0 Å². The van der Waals surface area contributed by atoms with Gasteiger partial charge in [0.15, 0.2) is 5.78 Å². The lowest BCUT2D eigenvalue weighted by Gasteiger charge is -2.01. The fourth-order valence-corrected chi connectivity index (χ4v) is 2.47. The van der Waals surface area contributed by atoms with E-state index < -0.39 is 5.97 Å². The summed E-state index contributed by atoms with van der Waals surface area (Å²) in [6.45, 7) is 2.03. The van der Waals surface area contributed by atoms with Crippen molar-refractivity contribution < 1.29 is 14.3 Å². The fourth-order valence-electron chi connectivity index (χ4n) is 2.47. The third-order valence-corrected chi connectivity index (χ3v) is 4.07. The second kappa shape index (κ2) is 21.4. The van der Waals surface area contributed by atoms with Gasteiger partial charge in [0.1, 0.15) is 6.61 Å². The highest BCUT2D eigenvalue weighted by molar-refractivity contribution is 5.81. The van der Waals surface area contributed by atoms with Crippen molar-refractivity contribution in [1.29, 1.82) is 0 Å². The summed E-state index contributed by atoms with van der Waals surface area (Å²) in [5.41, 5.74) is 5.46. The van der Waals surface area contributed by atoms with Crippen LogP contribution < -0.4 is 5.73 Å². The van der Waals surface area contributed by atoms with E-state index in [1.807, 2.05) is 0 Å². The number of esters is 1. The molecule has 0 aliphatic carbocycles. The quantitative estimate of drug-likeness (QED) is 0.188. The first-order valence-corrected chi connectivity index (χ1v) is 10.6. The van der Waals surface area contributed by atoms with Crippen LogP contribution in [0.25, 0.3) is 0 Å². The van der Waals surface area contributed by atoms with Crippen LogP contribution in [0.1, 0.15) is 77.6 Å². The summed E-state index contributed by atoms with van der Waals surface area (Å²) in [7, 11) is 0. The molecule has 0 rings (SSSR count). The standard InChI is InChI=1S/C24H39NO3/c1-23(26)28-22-24(27)20-18-16-14-12-10-8-6-4-2-3-5-7-9-11-13-15-17-19-21-25/h2,4-5,7-8,10-11,13H,3,6,9,12,14-22,25H2,1H3/b4-2-,7-5-,10-8-,13-11-. The van der Waals surface area contributed by atoms with E-state index >= 15 is 0 Å². The SMILES string of the molecule is CC(=O)OCC(=O)CCCCC/C=C\C/C=C\C/C=C\C/C=C\CCCCN. The molecule has 28 heavy (non-hydrogen) atoms. The van der Waals surface area contributed by atoms with Gasteiger partial charge in [-0.25, -0.2) is 0 Å². The van der Waals surface area contributed by atoms with Gasteiger partial charge in [-0.3, -0.25) is 9.59 Å². The molecule has 4 nitrogen and oxygen atoms in total. The van der Waals surface area contributed by atoms with Crippen LogP contribution in [0.2, 0.25) is 0 Å². The van der Waals surface area contributed by atoms with Crippen molar-refractivity contribution in [3.05, 3.63) is 48.6 Å². The van der Waals surface area contributed by atoms with Crippen LogP contribution in [0.3, 0.4) is 0 Å². The third kappa shape index (κ3) is 22.1. The number of rotatable bonds is 18. The zero-order valence-electron chi connectivity index (χ0n) is 17.6. The number of ketones is 1. The molecule has 0 radical (unpaired) electrons. The first-order chi connectivity index (χ1) is 13.7. The van der Waals surface area contributed by atoms with E-state index in [1.165, 1.54) is 13.3 Å². The Morgan fingerprint density at radius 3 is 1.71 bits per heavy atom. The Kier molecular flexibility index (Phi) is 19.9. The molecule has 0 spiro atoms. The molecule has 0 aliphatic rings. The first kappa shape index (κ1) is 26.1. The van der Waals surface area contributed by atoms with Crippen molar-refractivity contribution in [2.45, 2.75) is 77.6 Å². The van der Waals surface area contributed by atoms with Crippen LogP contribution in [0.15, 0.2) is 48.6 Å². The largest absolute Gasteiger partial charge is 0.458 e. The van der Waals surface area contributed by atoms with Crippen molar-refractivity contribution in [3.63, 3.8) is 0 Å². The molecule has 4 heteroatoms. The van der Waals surface area contributed by atoms with Crippen molar-refractivity contribution in [1.82, 2.24) is 0 Å². The lowest BCUT2D eigenvalue weighted by Crippen LogP contribution is -2.11. The maximum Gasteiger partial charge on any atom is 0.303 e. The van der Waals surface area contributed by atoms with Gasteiger partial charge in [-0.2, -0.15) is 0 Å². The minimum absolute atomic E-state index is 0.00321. The number of hydrogen-bond acceptors (Lipinski definition) is 4. The normalized spacial score (nSPS) is 12.1. The Labute approximate surface area is 171 Å². The van der Waals surface area contributed by atoms with Crippen LogP contribution in [-0.2, 0) is 14.3 Å². The van der Waals surface area contributed by atoms with Gasteiger partial charge in [0.05, 0.1) is 0 Å². The predicted octanol–water partition coefficient (Wildman–Crippen LogP) is 5.59. The number of carbonyl (C=O) groups is 2. The van der Waals surface area contributed by atoms with Gasteiger partial charge in [0.25, 0.3) is 0 Å². The molecular weight excluding hydrogens is 350 g/mol. The summed E-state index contributed by atoms with van der Waals surface area (Å²) < 4.78 is 4.68. The number of nitrogens with two attached hydrogens (primary N) is 1. The first-order valence-electron chi connectivity index (χ1n) is 10.6. The van der Waals surface area contributed by atoms with Crippen LogP contribution in [-0.4, -0.2) is 24.9 Å². The second-order valence-corrected chi connectivity index (χ2v) is 6.80. The molecule has 0 heterocycles. The average Bonchev–Trinajstić information content (AvgIpc) is 2.68. The predicted molar refractivity (Wildman–Crippen MR) is 118 cm³/mol. The highest BCUT2D eigenvalue weighted by Gasteiger charge is 2.03. The van der Waals surface area contributed by atoms with Gasteiger partial charge in [-0.05, 0) is 64.3 Å². The molecule has 0 amide bonds. The Bertz CT molecular complexity index is 504. The summed E-state index contributed by atoms with van der Waals surface area (Å²) in [4.78, 5) is 22.0. The zero-order valence-corrected chi connectivity index (χ0v) is 17.6. The van der Waals surface area contributed by atoms with Crippen LogP contribution in [0.5, 0.6) is 0 Å². The maximum atomic E-state index is 11.4. The Balaban J connectivity index is 3.43. The minimum Gasteiger partial charge on any atom is -0.458 e. The van der Waals surface area contributed by atoms with Crippen LogP contribution in [0, 0.1) is 0 Å². The number of Topliss-reactive ketones (excluding diaryl/α,β-unsaturated/α-hetero) is 1. The maximum absolute atomic E-state index is 11.4. The van der Waals surface area contributed by atoms with E-state index in [2.05, 4.69) is 53.3 Å². The van der Waals surface area contributed by atoms with Crippen molar-refractivity contribution in [3.8, 4) is 0 Å². The van der Waals surface area contributed by atoms with Crippen molar-refractivity contribution >= 4 is 11.8 Å². The third-order valence-electron chi connectivity index (χ3n) is 4.07. The summed E-state index contributed by atoms with van der Waals surface area (Å²) in [5, 5.41) is 0. The smallest absolute Gasteiger partial charge is 0.303 e. The van der Waals surface area contributed by atoms with E-state index in [0.717, 1.165) is 64.3 Å². The van der Waals surface area contributed by atoms with E-state index in [1.54, 1.807) is 0 Å². The molecule has 2 N–H and O–H groups in total. The second-order valence-electron chi connectivity index (χ2n) is 6.80. The molecule has 0 atom stereocenters. The number of hydrogen-bond donors (Lipinski definition) is 1. The summed E-state index contributed by atoms with van der Waals surface area (Å²) in [5.74, 6) is -0.395. The monoisotopic (exact) mass is 389 g/mol. The molecular formula is C24H39NO3. The summed E-state index contributed by atoms with van der Waals surface area (Å²) in [6.07, 6.45) is 28.5. The average molecular weight is 390 g/mol. The number of allylic oxidation sites excluding steroid dienone is 8. The van der Waals surface area contributed by atoms with Crippen LogP contribution in [0.4, 0.5) is 0 Å². The Morgan fingerprint density at radius 1 is 0.714 bits per heavy atom. The highest BCUT2D eigenvalue weighted by Crippen LogP contribution is 2.05. The number of unbranched alkanes of at least 4 members (excludes halogenated alkanes) is 5. The van der Waals surface area contributed by atoms with Gasteiger partial charge in [0, 0.05) is 13.3 Å². The van der Waals surface area contributed by atoms with E-state index in [0.29, 0.717) is 6.42 Å². The highest BCUT2D eigenvalue weighted by atomic mass is 16.5. The lowest BCUT2D eigenvalue weighted by atomic mass is 10.1. The lowest BCUT2D eigenvalue weighted by molar-refractivity contribution is -0.145. The number of ether oxygens (including phenoxy) is 1. The van der Waals surface area contributed by atoms with Crippen LogP contribution >= 0.6 is 0 Å². The molecule has 0 aromatic heterocycles. The Hall–Kier alpha value is -1.94. The number of carbonyl (C=O) groups excluding carboxylic acids is 2. The van der Waals surface area contributed by atoms with Crippen molar-refractivity contribution in [2.75, 3.05) is 13.2 Å². The minimum atomic E-state index is -0.398. The molecule has 0 saturated heterocycles. The van der Waals surface area contributed by atoms with E-state index in [4.69, 9.17) is 5.73 Å². The van der Waals surface area contributed by atoms with Gasteiger partial charge >= 0.3 is 5.97 Å². The summed E-state index contributed by atoms with van der Waals surface area (Å²) >= 11 is 0. The van der Waals surface area contributed by atoms with Gasteiger partial charge < -0.3 is 10.5 Å². The van der Waals surface area contributed by atoms with E-state index in [-0.39, 0.29) is 12.4 Å². The van der Waals surface area contributed by atoms with Crippen molar-refractivity contribution in [2.24, 2.45) is 5.73 Å². The molecule has 0 aromatic rings. The Morgan fingerprint density at radius 2 is 1.21 bits per heavy atom. The summed E-state index contributed by atoms with van der Waals surface area (Å²) in [6, 6.07) is 0. The van der Waals surface area contributed by atoms with Gasteiger partial charge in [-0.15, -0.1) is 0 Å². The zero-order chi connectivity index (χ0) is 20.7. The molecule has 158 valence electrons. The molecule has 0 fully saturated rings. The molecule has 0 aliphatic heterocycles.